The molecule has 5 heterocycles. The van der Waals surface area contributed by atoms with Crippen LogP contribution in [0.25, 0.3) is 50.4 Å². The number of aromatic nitrogens is 4. The van der Waals surface area contributed by atoms with E-state index in [1.807, 2.05) is 0 Å². The second-order valence-corrected chi connectivity index (χ2v) is 14.2. The van der Waals surface area contributed by atoms with E-state index in [1.54, 1.807) is 0 Å². The number of H-pyrrole nitrogens is 2. The SMILES string of the molecule is CCC1=C(CC)c2cc3[nH]c(cc4[nH]c(c(/C=C/C=C/C(C)(C)C)c5nc(cc1n2)C(CC)=C5CC)c(CC)c4CC)c(CC)c3CC. The van der Waals surface area contributed by atoms with Crippen LogP contribution in [0.1, 0.15) is 152 Å². The zero-order chi connectivity index (χ0) is 34.7. The lowest BCUT2D eigenvalue weighted by Crippen LogP contribution is -1.97. The highest BCUT2D eigenvalue weighted by molar-refractivity contribution is 5.99. The second kappa shape index (κ2) is 14.7. The van der Waals surface area contributed by atoms with Gasteiger partial charge in [-0.2, -0.15) is 0 Å². The van der Waals surface area contributed by atoms with Crippen molar-refractivity contribution in [2.75, 3.05) is 0 Å². The Bertz CT molecular complexity index is 1980. The predicted octanol–water partition coefficient (Wildman–Crippen LogP) is 12.6. The van der Waals surface area contributed by atoms with Gasteiger partial charge in [-0.1, -0.05) is 100 Å². The van der Waals surface area contributed by atoms with Crippen molar-refractivity contribution in [3.8, 4) is 0 Å². The molecule has 3 aromatic rings. The normalized spacial score (nSPS) is 14.1. The fourth-order valence-corrected chi connectivity index (χ4v) is 7.88. The molecule has 0 radical (unpaired) electrons. The molecule has 0 aromatic carbocycles. The Hall–Kier alpha value is -3.92. The summed E-state index contributed by atoms with van der Waals surface area (Å²) in [7, 11) is 0. The van der Waals surface area contributed by atoms with Gasteiger partial charge in [0.15, 0.2) is 0 Å². The predicted molar refractivity (Wildman–Crippen MR) is 211 cm³/mol. The minimum atomic E-state index is 0.110. The van der Waals surface area contributed by atoms with Crippen LogP contribution in [0, 0.1) is 5.41 Å². The lowest BCUT2D eigenvalue weighted by Gasteiger charge is -2.10. The van der Waals surface area contributed by atoms with Crippen molar-refractivity contribution >= 4 is 50.4 Å². The Labute approximate surface area is 289 Å². The van der Waals surface area contributed by atoms with Crippen molar-refractivity contribution < 1.29 is 0 Å². The first-order chi connectivity index (χ1) is 23.1. The van der Waals surface area contributed by atoms with E-state index in [-0.39, 0.29) is 5.41 Å². The van der Waals surface area contributed by atoms with Crippen molar-refractivity contribution in [1.82, 2.24) is 19.9 Å². The molecule has 0 saturated carbocycles. The number of rotatable bonds is 10. The fourth-order valence-electron chi connectivity index (χ4n) is 7.88. The largest absolute Gasteiger partial charge is 0.355 e. The third-order valence-corrected chi connectivity index (χ3v) is 10.1. The summed E-state index contributed by atoms with van der Waals surface area (Å²) < 4.78 is 0. The first kappa shape index (κ1) is 35.4. The van der Waals surface area contributed by atoms with E-state index in [0.29, 0.717) is 0 Å². The summed E-state index contributed by atoms with van der Waals surface area (Å²) in [6, 6.07) is 6.98. The third kappa shape index (κ3) is 6.56. The molecule has 0 unspecified atom stereocenters. The summed E-state index contributed by atoms with van der Waals surface area (Å²) >= 11 is 0. The first-order valence-corrected chi connectivity index (χ1v) is 18.7. The smallest absolute Gasteiger partial charge is 0.0765 e. The average Bonchev–Trinajstić information content (AvgIpc) is 3.79. The van der Waals surface area contributed by atoms with Crippen molar-refractivity contribution in [2.24, 2.45) is 5.41 Å². The molecular formula is C44H58N4. The number of fused-ring (bicyclic) bond motifs is 8. The average molecular weight is 643 g/mol. The van der Waals surface area contributed by atoms with Gasteiger partial charge in [0.25, 0.3) is 0 Å². The van der Waals surface area contributed by atoms with Gasteiger partial charge in [-0.25, -0.2) is 9.97 Å². The highest BCUT2D eigenvalue weighted by Gasteiger charge is 2.24. The Morgan fingerprint density at radius 2 is 1.00 bits per heavy atom. The van der Waals surface area contributed by atoms with Crippen LogP contribution in [0.15, 0.2) is 36.4 Å². The summed E-state index contributed by atoms with van der Waals surface area (Å²) in [6.07, 6.45) is 16.6. The highest BCUT2D eigenvalue weighted by Crippen LogP contribution is 2.41. The maximum absolute atomic E-state index is 5.53. The van der Waals surface area contributed by atoms with Gasteiger partial charge in [0.2, 0.25) is 0 Å². The van der Waals surface area contributed by atoms with Gasteiger partial charge >= 0.3 is 0 Å². The van der Waals surface area contributed by atoms with Crippen LogP contribution in [0.2, 0.25) is 0 Å². The maximum atomic E-state index is 5.53. The molecule has 2 N–H and O–H groups in total. The molecule has 8 bridgehead atoms. The summed E-state index contributed by atoms with van der Waals surface area (Å²) in [5, 5.41) is 0. The highest BCUT2D eigenvalue weighted by atomic mass is 14.8. The van der Waals surface area contributed by atoms with Crippen molar-refractivity contribution in [3.63, 3.8) is 0 Å². The van der Waals surface area contributed by atoms with Crippen LogP contribution in [-0.4, -0.2) is 19.9 Å². The molecule has 4 nitrogen and oxygen atoms in total. The monoisotopic (exact) mass is 642 g/mol. The molecule has 0 fully saturated rings. The van der Waals surface area contributed by atoms with E-state index in [4.69, 9.17) is 9.97 Å². The number of aromatic amines is 2. The van der Waals surface area contributed by atoms with Crippen molar-refractivity contribution in [2.45, 2.75) is 128 Å². The molecule has 2 aliphatic rings. The fraction of sp³-hybridized carbons (Fsp3) is 0.455. The molecule has 0 spiro atoms. The summed E-state index contributed by atoms with van der Waals surface area (Å²) in [4.78, 5) is 18.8. The van der Waals surface area contributed by atoms with E-state index < -0.39 is 0 Å². The number of hydrogen-bond acceptors (Lipinski definition) is 2. The summed E-state index contributed by atoms with van der Waals surface area (Å²) in [6.45, 7) is 24.9. The van der Waals surface area contributed by atoms with Crippen LogP contribution in [0.4, 0.5) is 0 Å². The maximum Gasteiger partial charge on any atom is 0.0765 e. The number of nitrogens with one attached hydrogen (secondary N) is 2. The second-order valence-electron chi connectivity index (χ2n) is 14.2. The van der Waals surface area contributed by atoms with Crippen molar-refractivity contribution in [1.29, 1.82) is 0 Å². The van der Waals surface area contributed by atoms with Gasteiger partial charge in [0.1, 0.15) is 0 Å². The van der Waals surface area contributed by atoms with Crippen LogP contribution in [0.3, 0.4) is 0 Å². The zero-order valence-electron chi connectivity index (χ0n) is 31.6. The van der Waals surface area contributed by atoms with E-state index in [1.165, 1.54) is 72.2 Å². The zero-order valence-corrected chi connectivity index (χ0v) is 31.6. The van der Waals surface area contributed by atoms with Gasteiger partial charge in [-0.3, -0.25) is 0 Å². The summed E-state index contributed by atoms with van der Waals surface area (Å²) in [5.74, 6) is 0. The third-order valence-electron chi connectivity index (χ3n) is 10.1. The van der Waals surface area contributed by atoms with E-state index in [0.717, 1.165) is 74.1 Å². The van der Waals surface area contributed by atoms with Gasteiger partial charge < -0.3 is 9.97 Å². The lowest BCUT2D eigenvalue weighted by atomic mass is 9.95. The minimum Gasteiger partial charge on any atom is -0.355 e. The number of nitrogens with zero attached hydrogens (tertiary/aromatic N) is 2. The molecule has 48 heavy (non-hydrogen) atoms. The number of hydrogen-bond donors (Lipinski definition) is 2. The Morgan fingerprint density at radius 3 is 1.54 bits per heavy atom. The van der Waals surface area contributed by atoms with E-state index in [9.17, 15) is 0 Å². The van der Waals surface area contributed by atoms with Gasteiger partial charge in [-0.15, -0.1) is 0 Å². The standard InChI is InChI=1S/C44H58N4/c1-12-27-29(14-3)38-25-40-31(16-5)33(18-7)42(47-40)35(22-20-21-23-44(9,10)11)43-34(19-8)32(17-6)41(48-43)26-39-30(15-4)28(13-2)37(46-39)24-36(27)45-38/h20-26,45,47H,12-19H2,1-11H3/b22-20+,23-21+,36-24?,37-24?,38-25?,39-26?,40-25?,41-26?,42-35?,43-35?. The minimum absolute atomic E-state index is 0.110. The molecule has 0 atom stereocenters. The first-order valence-electron chi connectivity index (χ1n) is 18.7. The summed E-state index contributed by atoms with van der Waals surface area (Å²) in [5.41, 5.74) is 21.3. The Kier molecular flexibility index (Phi) is 10.8. The van der Waals surface area contributed by atoms with Crippen LogP contribution >= 0.6 is 0 Å². The van der Waals surface area contributed by atoms with E-state index in [2.05, 4.69) is 129 Å². The quantitative estimate of drug-likeness (QED) is 0.216. The van der Waals surface area contributed by atoms with Gasteiger partial charge in [0, 0.05) is 22.1 Å². The Balaban J connectivity index is 2.07. The molecule has 0 saturated heterocycles. The topological polar surface area (TPSA) is 57.4 Å². The molecule has 5 rings (SSSR count). The molecule has 0 amide bonds. The lowest BCUT2D eigenvalue weighted by molar-refractivity contribution is 0.544. The molecule has 2 aliphatic heterocycles. The van der Waals surface area contributed by atoms with Gasteiger partial charge in [0.05, 0.1) is 28.3 Å². The number of allylic oxidation sites excluding steroid dienone is 7. The molecule has 4 heteroatoms. The molecule has 3 aromatic heterocycles. The van der Waals surface area contributed by atoms with Crippen LogP contribution < -0.4 is 0 Å². The molecule has 0 aliphatic carbocycles. The molecular weight excluding hydrogens is 585 g/mol. The van der Waals surface area contributed by atoms with E-state index >= 15 is 0 Å². The number of aryl methyl sites for hydroxylation is 4. The Morgan fingerprint density at radius 1 is 0.521 bits per heavy atom. The van der Waals surface area contributed by atoms with Crippen LogP contribution in [0.5, 0.6) is 0 Å². The molecule has 254 valence electrons. The van der Waals surface area contributed by atoms with Gasteiger partial charge in [-0.05, 0) is 120 Å². The van der Waals surface area contributed by atoms with Crippen LogP contribution in [-0.2, 0) is 25.7 Å². The van der Waals surface area contributed by atoms with Crippen molar-refractivity contribution in [3.05, 3.63) is 87.0 Å².